The Kier molecular flexibility index (Phi) is 5.76. The standard InChI is InChI=1S/C15H27N3S/c1-4-10-16-14(12-8-6-5-7-9-12)15-13(11(2)3)17-18-19-15/h11-12,14,16H,4-10H2,1-3H3. The molecule has 1 saturated carbocycles. The largest absolute Gasteiger partial charge is 0.309 e. The van der Waals surface area contributed by atoms with E-state index in [0.29, 0.717) is 12.0 Å². The van der Waals surface area contributed by atoms with Gasteiger partial charge in [-0.05, 0) is 49.2 Å². The first-order valence-corrected chi connectivity index (χ1v) is 8.56. The molecule has 0 saturated heterocycles. The third kappa shape index (κ3) is 3.76. The van der Waals surface area contributed by atoms with E-state index in [0.717, 1.165) is 12.5 Å². The molecular formula is C15H27N3S. The van der Waals surface area contributed by atoms with Crippen molar-refractivity contribution in [3.8, 4) is 0 Å². The summed E-state index contributed by atoms with van der Waals surface area (Å²) in [5, 5.41) is 8.14. The lowest BCUT2D eigenvalue weighted by Crippen LogP contribution is -2.30. The topological polar surface area (TPSA) is 37.8 Å². The summed E-state index contributed by atoms with van der Waals surface area (Å²) in [4.78, 5) is 1.40. The molecule has 1 N–H and O–H groups in total. The highest BCUT2D eigenvalue weighted by atomic mass is 32.1. The third-order valence-corrected chi connectivity index (χ3v) is 4.93. The van der Waals surface area contributed by atoms with Gasteiger partial charge in [-0.3, -0.25) is 0 Å². The molecule has 1 fully saturated rings. The minimum atomic E-state index is 0.475. The molecule has 1 aliphatic carbocycles. The van der Waals surface area contributed by atoms with E-state index < -0.39 is 0 Å². The second-order valence-electron chi connectivity index (χ2n) is 6.01. The summed E-state index contributed by atoms with van der Waals surface area (Å²) < 4.78 is 4.22. The molecule has 1 unspecified atom stereocenters. The van der Waals surface area contributed by atoms with Crippen LogP contribution in [0.25, 0.3) is 0 Å². The minimum Gasteiger partial charge on any atom is -0.309 e. The van der Waals surface area contributed by atoms with E-state index in [1.54, 1.807) is 11.5 Å². The first-order chi connectivity index (χ1) is 9.24. The molecule has 0 bridgehead atoms. The van der Waals surface area contributed by atoms with E-state index in [1.165, 1.54) is 49.1 Å². The zero-order valence-corrected chi connectivity index (χ0v) is 13.3. The predicted molar refractivity (Wildman–Crippen MR) is 81.6 cm³/mol. The van der Waals surface area contributed by atoms with Gasteiger partial charge in [0.05, 0.1) is 10.6 Å². The molecule has 19 heavy (non-hydrogen) atoms. The van der Waals surface area contributed by atoms with Gasteiger partial charge in [0.2, 0.25) is 0 Å². The van der Waals surface area contributed by atoms with Crippen molar-refractivity contribution in [2.75, 3.05) is 6.54 Å². The lowest BCUT2D eigenvalue weighted by Gasteiger charge is -2.31. The summed E-state index contributed by atoms with van der Waals surface area (Å²) in [7, 11) is 0. The number of nitrogens with zero attached hydrogens (tertiary/aromatic N) is 2. The molecule has 1 aromatic heterocycles. The average Bonchev–Trinajstić information content (AvgIpc) is 2.90. The van der Waals surface area contributed by atoms with Crippen LogP contribution < -0.4 is 5.32 Å². The molecule has 1 atom stereocenters. The molecule has 0 aliphatic heterocycles. The van der Waals surface area contributed by atoms with E-state index >= 15 is 0 Å². The predicted octanol–water partition coefficient (Wildman–Crippen LogP) is 4.28. The van der Waals surface area contributed by atoms with Crippen LogP contribution in [0.2, 0.25) is 0 Å². The molecule has 1 aliphatic rings. The number of hydrogen-bond donors (Lipinski definition) is 1. The van der Waals surface area contributed by atoms with Crippen molar-refractivity contribution in [3.05, 3.63) is 10.6 Å². The van der Waals surface area contributed by atoms with E-state index in [9.17, 15) is 0 Å². The van der Waals surface area contributed by atoms with Crippen molar-refractivity contribution in [1.82, 2.24) is 14.9 Å². The molecule has 0 amide bonds. The zero-order chi connectivity index (χ0) is 13.7. The minimum absolute atomic E-state index is 0.475. The summed E-state index contributed by atoms with van der Waals surface area (Å²) in [6.45, 7) is 7.77. The van der Waals surface area contributed by atoms with E-state index in [1.807, 2.05) is 0 Å². The first kappa shape index (κ1) is 14.9. The Bertz CT molecular complexity index is 369. The van der Waals surface area contributed by atoms with Crippen LogP contribution in [0.5, 0.6) is 0 Å². The fraction of sp³-hybridized carbons (Fsp3) is 0.867. The van der Waals surface area contributed by atoms with Gasteiger partial charge < -0.3 is 5.32 Å². The van der Waals surface area contributed by atoms with Crippen LogP contribution in [0.3, 0.4) is 0 Å². The molecule has 0 radical (unpaired) electrons. The zero-order valence-electron chi connectivity index (χ0n) is 12.5. The van der Waals surface area contributed by atoms with Gasteiger partial charge in [0.15, 0.2) is 0 Å². The van der Waals surface area contributed by atoms with Gasteiger partial charge >= 0.3 is 0 Å². The third-order valence-electron chi connectivity index (χ3n) is 4.11. The Labute approximate surface area is 121 Å². The number of rotatable bonds is 6. The van der Waals surface area contributed by atoms with Crippen LogP contribution in [0.4, 0.5) is 0 Å². The van der Waals surface area contributed by atoms with Crippen LogP contribution in [-0.2, 0) is 0 Å². The van der Waals surface area contributed by atoms with Gasteiger partial charge in [-0.15, -0.1) is 5.10 Å². The Balaban J connectivity index is 2.17. The van der Waals surface area contributed by atoms with Crippen molar-refractivity contribution >= 4 is 11.5 Å². The smallest absolute Gasteiger partial charge is 0.0829 e. The van der Waals surface area contributed by atoms with Crippen molar-refractivity contribution in [3.63, 3.8) is 0 Å². The Morgan fingerprint density at radius 2 is 2.00 bits per heavy atom. The van der Waals surface area contributed by atoms with Crippen molar-refractivity contribution in [2.24, 2.45) is 5.92 Å². The molecular weight excluding hydrogens is 254 g/mol. The molecule has 2 rings (SSSR count). The van der Waals surface area contributed by atoms with Crippen LogP contribution in [0, 0.1) is 5.92 Å². The van der Waals surface area contributed by atoms with Crippen molar-refractivity contribution < 1.29 is 0 Å². The molecule has 108 valence electrons. The van der Waals surface area contributed by atoms with Crippen LogP contribution in [0.1, 0.15) is 81.8 Å². The molecule has 1 aromatic rings. The van der Waals surface area contributed by atoms with Gasteiger partial charge in [-0.2, -0.15) is 0 Å². The van der Waals surface area contributed by atoms with Gasteiger partial charge in [0, 0.05) is 6.04 Å². The molecule has 1 heterocycles. The lowest BCUT2D eigenvalue weighted by molar-refractivity contribution is 0.273. The van der Waals surface area contributed by atoms with E-state index in [-0.39, 0.29) is 0 Å². The maximum atomic E-state index is 4.37. The Morgan fingerprint density at radius 3 is 2.63 bits per heavy atom. The van der Waals surface area contributed by atoms with Gasteiger partial charge in [0.25, 0.3) is 0 Å². The van der Waals surface area contributed by atoms with Gasteiger partial charge in [0.1, 0.15) is 0 Å². The maximum Gasteiger partial charge on any atom is 0.0829 e. The fourth-order valence-corrected chi connectivity index (χ4v) is 4.04. The monoisotopic (exact) mass is 281 g/mol. The summed E-state index contributed by atoms with van der Waals surface area (Å²) in [5.74, 6) is 1.25. The molecule has 0 spiro atoms. The fourth-order valence-electron chi connectivity index (χ4n) is 3.06. The first-order valence-electron chi connectivity index (χ1n) is 7.79. The van der Waals surface area contributed by atoms with Crippen LogP contribution >= 0.6 is 11.5 Å². The second-order valence-corrected chi connectivity index (χ2v) is 6.79. The number of nitrogens with one attached hydrogen (secondary N) is 1. The Hall–Kier alpha value is -0.480. The summed E-state index contributed by atoms with van der Waals surface area (Å²) in [5.41, 5.74) is 1.21. The van der Waals surface area contributed by atoms with Crippen molar-refractivity contribution in [1.29, 1.82) is 0 Å². The lowest BCUT2D eigenvalue weighted by atomic mass is 9.82. The van der Waals surface area contributed by atoms with E-state index in [4.69, 9.17) is 0 Å². The highest BCUT2D eigenvalue weighted by molar-refractivity contribution is 7.05. The highest BCUT2D eigenvalue weighted by Gasteiger charge is 2.29. The quantitative estimate of drug-likeness (QED) is 0.845. The maximum absolute atomic E-state index is 4.37. The van der Waals surface area contributed by atoms with Gasteiger partial charge in [-0.1, -0.05) is 44.5 Å². The number of hydrogen-bond acceptors (Lipinski definition) is 4. The highest BCUT2D eigenvalue weighted by Crippen LogP contribution is 2.38. The SMILES string of the molecule is CCCNC(c1snnc1C(C)C)C1CCCCC1. The number of aromatic nitrogens is 2. The molecule has 0 aromatic carbocycles. The molecule has 4 heteroatoms. The normalized spacial score (nSPS) is 18.9. The Morgan fingerprint density at radius 1 is 1.26 bits per heavy atom. The van der Waals surface area contributed by atoms with Gasteiger partial charge in [-0.25, -0.2) is 0 Å². The second kappa shape index (κ2) is 7.34. The summed E-state index contributed by atoms with van der Waals surface area (Å²) in [6, 6.07) is 0.484. The average molecular weight is 281 g/mol. The summed E-state index contributed by atoms with van der Waals surface area (Å²) >= 11 is 1.61. The van der Waals surface area contributed by atoms with Crippen LogP contribution in [0.15, 0.2) is 0 Å². The van der Waals surface area contributed by atoms with E-state index in [2.05, 4.69) is 35.7 Å². The van der Waals surface area contributed by atoms with Crippen molar-refractivity contribution in [2.45, 2.75) is 71.3 Å². The van der Waals surface area contributed by atoms with Crippen LogP contribution in [-0.4, -0.2) is 16.1 Å². The summed E-state index contributed by atoms with van der Waals surface area (Å²) in [6.07, 6.45) is 8.09. The molecule has 3 nitrogen and oxygen atoms in total.